The van der Waals surface area contributed by atoms with Gasteiger partial charge in [0.25, 0.3) is 0 Å². The van der Waals surface area contributed by atoms with Crippen LogP contribution in [0.5, 0.6) is 5.75 Å². The van der Waals surface area contributed by atoms with Gasteiger partial charge in [0.05, 0.1) is 6.61 Å². The molecule has 0 spiro atoms. The van der Waals surface area contributed by atoms with Crippen LogP contribution in [0, 0.1) is 13.8 Å². The van der Waals surface area contributed by atoms with Crippen LogP contribution in [0.25, 0.3) is 0 Å². The molecule has 0 aliphatic carbocycles. The Labute approximate surface area is 192 Å². The van der Waals surface area contributed by atoms with Gasteiger partial charge < -0.3 is 19.6 Å². The molecule has 33 heavy (non-hydrogen) atoms. The Bertz CT molecular complexity index is 1290. The molecule has 0 saturated carbocycles. The number of esters is 1. The number of carbonyl (C=O) groups excluding carboxylic acids is 2. The maximum absolute atomic E-state index is 12.8. The molecule has 0 aromatic heterocycles. The van der Waals surface area contributed by atoms with E-state index < -0.39 is 22.1 Å². The number of carbonyl (C=O) groups is 2. The molecular formula is C24H24N2O6S. The quantitative estimate of drug-likeness (QED) is 0.377. The first kappa shape index (κ1) is 23.8. The lowest BCUT2D eigenvalue weighted by Crippen LogP contribution is -2.20. The van der Waals surface area contributed by atoms with E-state index in [1.165, 1.54) is 30.3 Å². The third kappa shape index (κ3) is 6.33. The second kappa shape index (κ2) is 10.2. The number of amides is 2. The van der Waals surface area contributed by atoms with Crippen molar-refractivity contribution in [3.05, 3.63) is 83.4 Å². The molecule has 3 aromatic carbocycles. The van der Waals surface area contributed by atoms with Gasteiger partial charge in [0.2, 0.25) is 0 Å². The second-order valence-corrected chi connectivity index (χ2v) is 8.78. The molecule has 0 aliphatic heterocycles. The van der Waals surface area contributed by atoms with E-state index in [0.717, 1.165) is 11.1 Å². The monoisotopic (exact) mass is 468 g/mol. The summed E-state index contributed by atoms with van der Waals surface area (Å²) in [4.78, 5) is 24.7. The standard InChI is InChI=1S/C24H24N2O6S/c1-4-31-23(27)21-12-11-19(26-24(28)25-18-9-5-7-16(2)13-18)15-22(21)32-33(29,30)20-10-6-8-17(3)14-20/h5-15H,4H2,1-3H3,(H2,25,26,28). The van der Waals surface area contributed by atoms with Gasteiger partial charge in [-0.05, 0) is 68.3 Å². The van der Waals surface area contributed by atoms with Crippen molar-refractivity contribution in [2.24, 2.45) is 0 Å². The number of anilines is 2. The first-order chi connectivity index (χ1) is 15.7. The summed E-state index contributed by atoms with van der Waals surface area (Å²) in [5, 5.41) is 5.29. The SMILES string of the molecule is CCOC(=O)c1ccc(NC(=O)Nc2cccc(C)c2)cc1OS(=O)(=O)c1cccc(C)c1. The van der Waals surface area contributed by atoms with Crippen molar-refractivity contribution in [2.75, 3.05) is 17.2 Å². The highest BCUT2D eigenvalue weighted by molar-refractivity contribution is 7.87. The van der Waals surface area contributed by atoms with E-state index in [1.807, 2.05) is 13.0 Å². The minimum absolute atomic E-state index is 0.0622. The molecule has 2 amide bonds. The Kier molecular flexibility index (Phi) is 7.34. The van der Waals surface area contributed by atoms with Crippen LogP contribution in [0.2, 0.25) is 0 Å². The van der Waals surface area contributed by atoms with E-state index in [2.05, 4.69) is 10.6 Å². The van der Waals surface area contributed by atoms with Crippen molar-refractivity contribution in [1.82, 2.24) is 0 Å². The highest BCUT2D eigenvalue weighted by atomic mass is 32.2. The van der Waals surface area contributed by atoms with Crippen LogP contribution < -0.4 is 14.8 Å². The molecular weight excluding hydrogens is 444 g/mol. The molecule has 0 unspecified atom stereocenters. The molecule has 0 saturated heterocycles. The normalized spacial score (nSPS) is 10.9. The lowest BCUT2D eigenvalue weighted by Gasteiger charge is -2.14. The Balaban J connectivity index is 1.89. The van der Waals surface area contributed by atoms with E-state index in [1.54, 1.807) is 44.2 Å². The fourth-order valence-corrected chi connectivity index (χ4v) is 4.05. The fourth-order valence-electron chi connectivity index (χ4n) is 3.00. The van der Waals surface area contributed by atoms with Gasteiger partial charge in [-0.2, -0.15) is 8.42 Å². The summed E-state index contributed by atoms with van der Waals surface area (Å²) in [5.74, 6) is -1.01. The van der Waals surface area contributed by atoms with E-state index in [9.17, 15) is 18.0 Å². The van der Waals surface area contributed by atoms with Crippen molar-refractivity contribution < 1.29 is 26.9 Å². The first-order valence-corrected chi connectivity index (χ1v) is 11.6. The molecule has 9 heteroatoms. The third-order valence-corrected chi connectivity index (χ3v) is 5.72. The number of rotatable bonds is 7. The number of benzene rings is 3. The molecule has 172 valence electrons. The molecule has 8 nitrogen and oxygen atoms in total. The van der Waals surface area contributed by atoms with Gasteiger partial charge in [-0.1, -0.05) is 24.3 Å². The topological polar surface area (TPSA) is 111 Å². The zero-order chi connectivity index (χ0) is 24.0. The third-order valence-electron chi connectivity index (χ3n) is 4.49. The van der Waals surface area contributed by atoms with Gasteiger partial charge in [-0.15, -0.1) is 0 Å². The summed E-state index contributed by atoms with van der Waals surface area (Å²) in [6, 6.07) is 16.9. The van der Waals surface area contributed by atoms with Gasteiger partial charge in [-0.3, -0.25) is 0 Å². The highest BCUT2D eigenvalue weighted by Crippen LogP contribution is 2.28. The summed E-state index contributed by atoms with van der Waals surface area (Å²) in [5.41, 5.74) is 2.44. The van der Waals surface area contributed by atoms with Gasteiger partial charge in [0.15, 0.2) is 5.75 Å². The van der Waals surface area contributed by atoms with Gasteiger partial charge >= 0.3 is 22.1 Å². The number of ether oxygens (including phenoxy) is 1. The van der Waals surface area contributed by atoms with Gasteiger partial charge in [-0.25, -0.2) is 9.59 Å². The van der Waals surface area contributed by atoms with Crippen LogP contribution in [0.1, 0.15) is 28.4 Å². The van der Waals surface area contributed by atoms with Crippen molar-refractivity contribution in [3.8, 4) is 5.75 Å². The number of nitrogens with one attached hydrogen (secondary N) is 2. The Morgan fingerprint density at radius 2 is 1.48 bits per heavy atom. The van der Waals surface area contributed by atoms with Crippen LogP contribution in [0.15, 0.2) is 71.6 Å². The summed E-state index contributed by atoms with van der Waals surface area (Å²) >= 11 is 0. The molecule has 0 aliphatic rings. The summed E-state index contributed by atoms with van der Waals surface area (Å²) in [6.45, 7) is 5.38. The molecule has 0 bridgehead atoms. The largest absolute Gasteiger partial charge is 0.462 e. The van der Waals surface area contributed by atoms with Crippen LogP contribution in [0.3, 0.4) is 0 Å². The molecule has 3 rings (SSSR count). The summed E-state index contributed by atoms with van der Waals surface area (Å²) in [6.07, 6.45) is 0. The van der Waals surface area contributed by atoms with E-state index in [0.29, 0.717) is 5.69 Å². The predicted molar refractivity (Wildman–Crippen MR) is 125 cm³/mol. The van der Waals surface area contributed by atoms with E-state index in [4.69, 9.17) is 8.92 Å². The molecule has 0 fully saturated rings. The predicted octanol–water partition coefficient (Wildman–Crippen LogP) is 4.89. The number of urea groups is 1. The zero-order valence-electron chi connectivity index (χ0n) is 18.4. The first-order valence-electron chi connectivity index (χ1n) is 10.1. The van der Waals surface area contributed by atoms with Gasteiger partial charge in [0.1, 0.15) is 10.5 Å². The maximum Gasteiger partial charge on any atom is 0.341 e. The second-order valence-electron chi connectivity index (χ2n) is 7.23. The average Bonchev–Trinajstić information content (AvgIpc) is 2.73. The van der Waals surface area contributed by atoms with Crippen molar-refractivity contribution in [1.29, 1.82) is 0 Å². The molecule has 0 radical (unpaired) electrons. The lowest BCUT2D eigenvalue weighted by molar-refractivity contribution is 0.0524. The average molecular weight is 469 g/mol. The smallest absolute Gasteiger partial charge is 0.341 e. The van der Waals surface area contributed by atoms with Crippen molar-refractivity contribution >= 4 is 33.5 Å². The van der Waals surface area contributed by atoms with E-state index >= 15 is 0 Å². The fraction of sp³-hybridized carbons (Fsp3) is 0.167. The number of aryl methyl sites for hydroxylation is 2. The zero-order valence-corrected chi connectivity index (χ0v) is 19.2. The van der Waals surface area contributed by atoms with Crippen molar-refractivity contribution in [2.45, 2.75) is 25.7 Å². The molecule has 2 N–H and O–H groups in total. The number of hydrogen-bond donors (Lipinski definition) is 2. The summed E-state index contributed by atoms with van der Waals surface area (Å²) < 4.78 is 35.9. The van der Waals surface area contributed by atoms with E-state index in [-0.39, 0.29) is 28.5 Å². The van der Waals surface area contributed by atoms with Crippen molar-refractivity contribution in [3.63, 3.8) is 0 Å². The Morgan fingerprint density at radius 1 is 0.848 bits per heavy atom. The minimum atomic E-state index is -4.24. The number of hydrogen-bond acceptors (Lipinski definition) is 6. The van der Waals surface area contributed by atoms with Crippen LogP contribution in [-0.4, -0.2) is 27.0 Å². The lowest BCUT2D eigenvalue weighted by atomic mass is 10.2. The van der Waals surface area contributed by atoms with Gasteiger partial charge in [0, 0.05) is 17.4 Å². The maximum atomic E-state index is 12.8. The molecule has 3 aromatic rings. The molecule has 0 atom stereocenters. The van der Waals surface area contributed by atoms with Crippen LogP contribution >= 0.6 is 0 Å². The molecule has 0 heterocycles. The minimum Gasteiger partial charge on any atom is -0.462 e. The Morgan fingerprint density at radius 3 is 2.12 bits per heavy atom. The van der Waals surface area contributed by atoms with Crippen LogP contribution in [-0.2, 0) is 14.9 Å². The Hall–Kier alpha value is -3.85. The summed E-state index contributed by atoms with van der Waals surface area (Å²) in [7, 11) is -4.24. The van der Waals surface area contributed by atoms with Crippen LogP contribution in [0.4, 0.5) is 16.2 Å². The highest BCUT2D eigenvalue weighted by Gasteiger charge is 2.23.